The Hall–Kier alpha value is -3.40. The van der Waals surface area contributed by atoms with Crippen molar-refractivity contribution in [1.82, 2.24) is 19.6 Å². The van der Waals surface area contributed by atoms with Gasteiger partial charge in [-0.25, -0.2) is 22.7 Å². The minimum Gasteiger partial charge on any atom is -0.335 e. The molecule has 0 unspecified atom stereocenters. The Kier molecular flexibility index (Phi) is 6.87. The molecule has 0 aliphatic heterocycles. The summed E-state index contributed by atoms with van der Waals surface area (Å²) in [6, 6.07) is 12.1. The van der Waals surface area contributed by atoms with E-state index in [2.05, 4.69) is 21.9 Å². The lowest BCUT2D eigenvalue weighted by Crippen LogP contribution is -2.45. The number of aromatic nitrogens is 2. The standard InChI is InChI=1S/C24H28N4O5S/c1-16-6-10-18(11-7-16)25-23(30)27-34(32,33)19-12-8-17(9-13-19)14-15-28-22(29)20-4-2-3-5-21(20)26-24(28)31/h2-5,8-9,12-13,16,18H,6-7,10-11,14-15H2,1H3,(H,26,31)(H2,25,27,30). The number of fused-ring (bicyclic) bond motifs is 1. The van der Waals surface area contributed by atoms with Crippen molar-refractivity contribution in [2.24, 2.45) is 5.92 Å². The smallest absolute Gasteiger partial charge is 0.328 e. The SMILES string of the molecule is CC1CCC(NC(=O)NS(=O)(=O)c2ccc(CCn3c(=O)[nH]c4ccccc4c3=O)cc2)CC1. The van der Waals surface area contributed by atoms with E-state index in [1.807, 2.05) is 0 Å². The summed E-state index contributed by atoms with van der Waals surface area (Å²) in [7, 11) is -4.01. The van der Waals surface area contributed by atoms with Gasteiger partial charge in [0.15, 0.2) is 0 Å². The molecule has 1 fully saturated rings. The molecule has 0 bridgehead atoms. The molecule has 0 saturated heterocycles. The predicted molar refractivity (Wildman–Crippen MR) is 129 cm³/mol. The highest BCUT2D eigenvalue weighted by atomic mass is 32.2. The van der Waals surface area contributed by atoms with Crippen molar-refractivity contribution in [3.8, 4) is 0 Å². The fourth-order valence-corrected chi connectivity index (χ4v) is 5.19. The van der Waals surface area contributed by atoms with Crippen molar-refractivity contribution in [3.63, 3.8) is 0 Å². The summed E-state index contributed by atoms with van der Waals surface area (Å²) in [5.74, 6) is 0.626. The molecule has 1 aromatic heterocycles. The highest BCUT2D eigenvalue weighted by Gasteiger charge is 2.23. The normalized spacial score (nSPS) is 18.5. The molecule has 0 spiro atoms. The van der Waals surface area contributed by atoms with Gasteiger partial charge < -0.3 is 10.3 Å². The van der Waals surface area contributed by atoms with Crippen LogP contribution in [0.5, 0.6) is 0 Å². The van der Waals surface area contributed by atoms with E-state index in [-0.39, 0.29) is 23.0 Å². The number of H-pyrrole nitrogens is 1. The number of nitrogens with one attached hydrogen (secondary N) is 3. The maximum absolute atomic E-state index is 12.6. The molecule has 2 amide bonds. The van der Waals surface area contributed by atoms with E-state index in [1.54, 1.807) is 36.4 Å². The van der Waals surface area contributed by atoms with Crippen molar-refractivity contribution >= 4 is 27.0 Å². The van der Waals surface area contributed by atoms with Gasteiger partial charge in [0.25, 0.3) is 15.6 Å². The van der Waals surface area contributed by atoms with Crippen molar-refractivity contribution in [3.05, 3.63) is 74.9 Å². The fraction of sp³-hybridized carbons (Fsp3) is 0.375. The van der Waals surface area contributed by atoms with Gasteiger partial charge in [0, 0.05) is 12.6 Å². The van der Waals surface area contributed by atoms with Crippen LogP contribution >= 0.6 is 0 Å². The van der Waals surface area contributed by atoms with Gasteiger partial charge in [0.1, 0.15) is 0 Å². The average Bonchev–Trinajstić information content (AvgIpc) is 2.80. The number of nitrogens with zero attached hydrogens (tertiary/aromatic N) is 1. The summed E-state index contributed by atoms with van der Waals surface area (Å²) in [5.41, 5.74) is 0.365. The van der Waals surface area contributed by atoms with Gasteiger partial charge in [-0.15, -0.1) is 0 Å². The van der Waals surface area contributed by atoms with Crippen LogP contribution in [-0.2, 0) is 23.0 Å². The van der Waals surface area contributed by atoms with Gasteiger partial charge in [-0.05, 0) is 67.9 Å². The van der Waals surface area contributed by atoms with E-state index >= 15 is 0 Å². The van der Waals surface area contributed by atoms with Crippen molar-refractivity contribution in [2.75, 3.05) is 0 Å². The minimum absolute atomic E-state index is 0.0181. The maximum atomic E-state index is 12.6. The fourth-order valence-electron chi connectivity index (χ4n) is 4.28. The largest absolute Gasteiger partial charge is 0.335 e. The van der Waals surface area contributed by atoms with Crippen LogP contribution in [0.15, 0.2) is 63.0 Å². The Morgan fingerprint density at radius 3 is 2.41 bits per heavy atom. The number of benzene rings is 2. The number of aryl methyl sites for hydroxylation is 1. The average molecular weight is 485 g/mol. The second-order valence-corrected chi connectivity index (χ2v) is 10.5. The molecule has 3 N–H and O–H groups in total. The van der Waals surface area contributed by atoms with Crippen LogP contribution in [0, 0.1) is 5.92 Å². The van der Waals surface area contributed by atoms with Crippen molar-refractivity contribution < 1.29 is 13.2 Å². The molecule has 1 aliphatic rings. The zero-order valence-electron chi connectivity index (χ0n) is 18.9. The number of hydrogen-bond donors (Lipinski definition) is 3. The molecule has 3 aromatic rings. The third-order valence-corrected chi connectivity index (χ3v) is 7.67. The quantitative estimate of drug-likeness (QED) is 0.495. The van der Waals surface area contributed by atoms with Crippen molar-refractivity contribution in [1.29, 1.82) is 0 Å². The topological polar surface area (TPSA) is 130 Å². The van der Waals surface area contributed by atoms with Gasteiger partial charge in [-0.2, -0.15) is 0 Å². The van der Waals surface area contributed by atoms with E-state index in [4.69, 9.17) is 0 Å². The van der Waals surface area contributed by atoms with E-state index < -0.39 is 21.7 Å². The number of sulfonamides is 1. The minimum atomic E-state index is -4.01. The Balaban J connectivity index is 1.39. The zero-order chi connectivity index (χ0) is 24.3. The van der Waals surface area contributed by atoms with Crippen LogP contribution in [0.1, 0.15) is 38.2 Å². The number of urea groups is 1. The molecular weight excluding hydrogens is 456 g/mol. The molecule has 0 atom stereocenters. The number of amides is 2. The Morgan fingerprint density at radius 2 is 1.71 bits per heavy atom. The molecule has 34 heavy (non-hydrogen) atoms. The number of para-hydroxylation sites is 1. The van der Waals surface area contributed by atoms with Crippen LogP contribution in [-0.4, -0.2) is 30.0 Å². The molecule has 4 rings (SSSR count). The number of carbonyl (C=O) groups is 1. The summed E-state index contributed by atoms with van der Waals surface area (Å²) < 4.78 is 28.4. The molecule has 2 aromatic carbocycles. The highest BCUT2D eigenvalue weighted by molar-refractivity contribution is 7.90. The molecule has 0 radical (unpaired) electrons. The number of rotatable bonds is 6. The van der Waals surface area contributed by atoms with Gasteiger partial charge in [0.2, 0.25) is 0 Å². The van der Waals surface area contributed by atoms with Crippen LogP contribution in [0.3, 0.4) is 0 Å². The van der Waals surface area contributed by atoms with E-state index in [0.717, 1.165) is 35.8 Å². The summed E-state index contributed by atoms with van der Waals surface area (Å²) in [5, 5.41) is 3.17. The number of hydrogen-bond acceptors (Lipinski definition) is 5. The predicted octanol–water partition coefficient (Wildman–Crippen LogP) is 2.50. The third kappa shape index (κ3) is 5.39. The lowest BCUT2D eigenvalue weighted by atomic mass is 9.87. The van der Waals surface area contributed by atoms with Gasteiger partial charge in [-0.1, -0.05) is 31.2 Å². The van der Waals surface area contributed by atoms with Crippen LogP contribution in [0.4, 0.5) is 4.79 Å². The molecule has 9 nitrogen and oxygen atoms in total. The molecule has 1 aliphatic carbocycles. The third-order valence-electron chi connectivity index (χ3n) is 6.33. The lowest BCUT2D eigenvalue weighted by molar-refractivity contribution is 0.233. The number of carbonyl (C=O) groups excluding carboxylic acids is 1. The van der Waals surface area contributed by atoms with Crippen LogP contribution in [0.2, 0.25) is 0 Å². The lowest BCUT2D eigenvalue weighted by Gasteiger charge is -2.26. The molecular formula is C24H28N4O5S. The summed E-state index contributed by atoms with van der Waals surface area (Å²) in [6.07, 6.45) is 4.06. The molecule has 1 heterocycles. The van der Waals surface area contributed by atoms with Crippen LogP contribution in [0.25, 0.3) is 10.9 Å². The first-order valence-electron chi connectivity index (χ1n) is 11.4. The van der Waals surface area contributed by atoms with Gasteiger partial charge in [0.05, 0.1) is 15.8 Å². The van der Waals surface area contributed by atoms with Gasteiger partial charge >= 0.3 is 11.7 Å². The zero-order valence-corrected chi connectivity index (χ0v) is 19.7. The molecule has 10 heteroatoms. The molecule has 1 saturated carbocycles. The first-order chi connectivity index (χ1) is 16.2. The monoisotopic (exact) mass is 484 g/mol. The van der Waals surface area contributed by atoms with Gasteiger partial charge in [-0.3, -0.25) is 9.36 Å². The first kappa shape index (κ1) is 23.7. The summed E-state index contributed by atoms with van der Waals surface area (Å²) in [4.78, 5) is 39.8. The molecule has 180 valence electrons. The second kappa shape index (κ2) is 9.84. The maximum Gasteiger partial charge on any atom is 0.328 e. The number of aromatic amines is 1. The van der Waals surface area contributed by atoms with E-state index in [1.165, 1.54) is 12.1 Å². The van der Waals surface area contributed by atoms with E-state index in [0.29, 0.717) is 23.2 Å². The Morgan fingerprint density at radius 1 is 1.03 bits per heavy atom. The Bertz CT molecular complexity index is 1400. The Labute approximate surface area is 197 Å². The van der Waals surface area contributed by atoms with Crippen molar-refractivity contribution in [2.45, 2.75) is 56.5 Å². The highest BCUT2D eigenvalue weighted by Crippen LogP contribution is 2.23. The summed E-state index contributed by atoms with van der Waals surface area (Å²) >= 11 is 0. The summed E-state index contributed by atoms with van der Waals surface area (Å²) in [6.45, 7) is 2.31. The van der Waals surface area contributed by atoms with E-state index in [9.17, 15) is 22.8 Å². The second-order valence-electron chi connectivity index (χ2n) is 8.86. The first-order valence-corrected chi connectivity index (χ1v) is 12.9. The van der Waals surface area contributed by atoms with Crippen LogP contribution < -0.4 is 21.3 Å².